The second-order valence-electron chi connectivity index (χ2n) is 12.5. The van der Waals surface area contributed by atoms with E-state index in [1.165, 1.54) is 0 Å². The predicted molar refractivity (Wildman–Crippen MR) is 160 cm³/mol. The van der Waals surface area contributed by atoms with E-state index in [-0.39, 0.29) is 36.3 Å². The van der Waals surface area contributed by atoms with Crippen molar-refractivity contribution in [1.82, 2.24) is 15.1 Å². The molecule has 4 atom stereocenters. The van der Waals surface area contributed by atoms with Crippen LogP contribution in [-0.2, 0) is 32.0 Å². The van der Waals surface area contributed by atoms with E-state index in [1.54, 1.807) is 9.80 Å². The molecule has 0 saturated carbocycles. The van der Waals surface area contributed by atoms with E-state index < -0.39 is 24.0 Å². The van der Waals surface area contributed by atoms with E-state index in [4.69, 9.17) is 4.74 Å². The lowest BCUT2D eigenvalue weighted by molar-refractivity contribution is -0.148. The predicted octanol–water partition coefficient (Wildman–Crippen LogP) is 3.95. The standard InChI is InChI=1S/C34H43N3O5/c1-23(2)22-42-29-14-12-25(13-15-29)18-26-20-28(38)21-27(19-24-8-4-3-5-9-24)35-32(39)30-10-6-16-36(30)34(41)31-11-7-17-37(31)33(26)40/h3-5,8-9,12-15,23,26-27,30-31H,6-7,10-11,16-22H2,1-2H3,(H,35,39)/t26-,27+,30+,31+/m1/s1. The van der Waals surface area contributed by atoms with Crippen LogP contribution < -0.4 is 10.1 Å². The molecule has 2 aromatic carbocycles. The van der Waals surface area contributed by atoms with Crippen LogP contribution in [0.2, 0.25) is 0 Å². The zero-order valence-corrected chi connectivity index (χ0v) is 24.8. The Bertz CT molecular complexity index is 1260. The second-order valence-corrected chi connectivity index (χ2v) is 12.5. The number of ether oxygens (including phenoxy) is 1. The molecule has 3 heterocycles. The highest BCUT2D eigenvalue weighted by Gasteiger charge is 2.44. The fraction of sp³-hybridized carbons (Fsp3) is 0.529. The van der Waals surface area contributed by atoms with Gasteiger partial charge in [0.2, 0.25) is 17.7 Å². The van der Waals surface area contributed by atoms with Gasteiger partial charge < -0.3 is 19.9 Å². The molecule has 0 aliphatic carbocycles. The van der Waals surface area contributed by atoms with Crippen LogP contribution in [0.25, 0.3) is 0 Å². The number of hydrogen-bond acceptors (Lipinski definition) is 5. The summed E-state index contributed by atoms with van der Waals surface area (Å²) in [6, 6.07) is 15.9. The van der Waals surface area contributed by atoms with Crippen LogP contribution in [0, 0.1) is 11.8 Å². The first-order valence-electron chi connectivity index (χ1n) is 15.5. The first-order valence-corrected chi connectivity index (χ1v) is 15.5. The molecule has 3 aliphatic rings. The van der Waals surface area contributed by atoms with Gasteiger partial charge in [0.15, 0.2) is 0 Å². The molecule has 5 rings (SSSR count). The average Bonchev–Trinajstić information content (AvgIpc) is 3.66. The van der Waals surface area contributed by atoms with Gasteiger partial charge in [0.1, 0.15) is 23.6 Å². The molecular weight excluding hydrogens is 530 g/mol. The van der Waals surface area contributed by atoms with Gasteiger partial charge in [-0.1, -0.05) is 56.3 Å². The lowest BCUT2D eigenvalue weighted by Crippen LogP contribution is -2.54. The molecule has 3 fully saturated rings. The van der Waals surface area contributed by atoms with Crippen molar-refractivity contribution in [3.8, 4) is 5.75 Å². The van der Waals surface area contributed by atoms with Crippen LogP contribution >= 0.6 is 0 Å². The number of fused-ring (bicyclic) bond motifs is 2. The molecule has 2 aromatic rings. The zero-order valence-electron chi connectivity index (χ0n) is 24.8. The molecule has 3 saturated heterocycles. The van der Waals surface area contributed by atoms with E-state index in [9.17, 15) is 19.2 Å². The van der Waals surface area contributed by atoms with Crippen molar-refractivity contribution in [2.45, 2.75) is 83.3 Å². The lowest BCUT2D eigenvalue weighted by atomic mass is 9.90. The van der Waals surface area contributed by atoms with Gasteiger partial charge in [-0.2, -0.15) is 0 Å². The second kappa shape index (κ2) is 13.5. The molecule has 3 amide bonds. The number of hydrogen-bond donors (Lipinski definition) is 1. The largest absolute Gasteiger partial charge is 0.493 e. The number of amides is 3. The van der Waals surface area contributed by atoms with Gasteiger partial charge in [0, 0.05) is 37.9 Å². The molecule has 0 spiro atoms. The smallest absolute Gasteiger partial charge is 0.246 e. The maximum absolute atomic E-state index is 14.1. The van der Waals surface area contributed by atoms with Crippen molar-refractivity contribution in [3.63, 3.8) is 0 Å². The molecule has 8 nitrogen and oxygen atoms in total. The van der Waals surface area contributed by atoms with Gasteiger partial charge in [-0.15, -0.1) is 0 Å². The molecule has 0 radical (unpaired) electrons. The summed E-state index contributed by atoms with van der Waals surface area (Å²) in [6.45, 7) is 5.81. The monoisotopic (exact) mass is 573 g/mol. The topological polar surface area (TPSA) is 96.0 Å². The molecule has 42 heavy (non-hydrogen) atoms. The van der Waals surface area contributed by atoms with Gasteiger partial charge in [-0.3, -0.25) is 19.2 Å². The average molecular weight is 574 g/mol. The molecular formula is C34H43N3O5. The van der Waals surface area contributed by atoms with Gasteiger partial charge in [-0.25, -0.2) is 0 Å². The Labute approximate surface area is 248 Å². The summed E-state index contributed by atoms with van der Waals surface area (Å²) in [6.07, 6.45) is 3.74. The number of rotatable bonds is 7. The maximum Gasteiger partial charge on any atom is 0.246 e. The highest BCUT2D eigenvalue weighted by molar-refractivity contribution is 5.95. The number of Topliss-reactive ketones (excluding diaryl/α,β-unsaturated/α-hetero) is 1. The number of nitrogens with one attached hydrogen (secondary N) is 1. The van der Waals surface area contributed by atoms with E-state index in [0.29, 0.717) is 51.3 Å². The molecule has 3 aliphatic heterocycles. The highest BCUT2D eigenvalue weighted by Crippen LogP contribution is 2.29. The molecule has 8 heteroatoms. The van der Waals surface area contributed by atoms with Gasteiger partial charge in [0.05, 0.1) is 6.61 Å². The van der Waals surface area contributed by atoms with Crippen molar-refractivity contribution in [2.24, 2.45) is 11.8 Å². The Hall–Kier alpha value is -3.68. The molecule has 0 bridgehead atoms. The third kappa shape index (κ3) is 7.20. The van der Waals surface area contributed by atoms with Gasteiger partial charge in [0.25, 0.3) is 0 Å². The minimum atomic E-state index is -0.587. The van der Waals surface area contributed by atoms with Crippen molar-refractivity contribution >= 4 is 23.5 Å². The van der Waals surface area contributed by atoms with Crippen LogP contribution in [0.3, 0.4) is 0 Å². The Balaban J connectivity index is 1.42. The summed E-state index contributed by atoms with van der Waals surface area (Å²) < 4.78 is 5.82. The summed E-state index contributed by atoms with van der Waals surface area (Å²) in [5.41, 5.74) is 1.96. The Kier molecular flexibility index (Phi) is 9.60. The summed E-state index contributed by atoms with van der Waals surface area (Å²) in [5, 5.41) is 3.12. The Morgan fingerprint density at radius 3 is 2.12 bits per heavy atom. The molecule has 224 valence electrons. The van der Waals surface area contributed by atoms with E-state index >= 15 is 0 Å². The SMILES string of the molecule is CC(C)COc1ccc(C[C@@H]2CC(=O)C[C@H](Cc3ccccc3)NC(=O)[C@@H]3CCCN3C(=O)[C@@H]3CCCN3C2=O)cc1. The maximum atomic E-state index is 14.1. The minimum Gasteiger partial charge on any atom is -0.493 e. The first-order chi connectivity index (χ1) is 20.3. The number of ketones is 1. The normalized spacial score (nSPS) is 25.4. The number of carbonyl (C=O) groups excluding carboxylic acids is 4. The van der Waals surface area contributed by atoms with Crippen molar-refractivity contribution in [2.75, 3.05) is 19.7 Å². The fourth-order valence-corrected chi connectivity index (χ4v) is 6.54. The Morgan fingerprint density at radius 2 is 1.43 bits per heavy atom. The van der Waals surface area contributed by atoms with Crippen LogP contribution in [0.5, 0.6) is 5.75 Å². The van der Waals surface area contributed by atoms with E-state index in [2.05, 4.69) is 19.2 Å². The summed E-state index contributed by atoms with van der Waals surface area (Å²) in [7, 11) is 0. The van der Waals surface area contributed by atoms with Crippen LogP contribution in [0.4, 0.5) is 0 Å². The molecule has 0 aromatic heterocycles. The number of benzene rings is 2. The van der Waals surface area contributed by atoms with Crippen LogP contribution in [0.15, 0.2) is 54.6 Å². The first kappa shape index (κ1) is 29.8. The fourth-order valence-electron chi connectivity index (χ4n) is 6.54. The van der Waals surface area contributed by atoms with E-state index in [1.807, 2.05) is 54.6 Å². The van der Waals surface area contributed by atoms with Crippen LogP contribution in [0.1, 0.15) is 63.5 Å². The summed E-state index contributed by atoms with van der Waals surface area (Å²) >= 11 is 0. The molecule has 0 unspecified atom stereocenters. The van der Waals surface area contributed by atoms with Gasteiger partial charge in [-0.05, 0) is 67.7 Å². The third-order valence-electron chi connectivity index (χ3n) is 8.62. The Morgan fingerprint density at radius 1 is 0.786 bits per heavy atom. The lowest BCUT2D eigenvalue weighted by Gasteiger charge is -2.32. The number of carbonyl (C=O) groups is 4. The minimum absolute atomic E-state index is 0.0592. The summed E-state index contributed by atoms with van der Waals surface area (Å²) in [4.78, 5) is 58.4. The summed E-state index contributed by atoms with van der Waals surface area (Å²) in [5.74, 6) is 0.0433. The van der Waals surface area contributed by atoms with E-state index in [0.717, 1.165) is 29.7 Å². The van der Waals surface area contributed by atoms with Crippen molar-refractivity contribution in [3.05, 3.63) is 65.7 Å². The number of nitrogens with zero attached hydrogens (tertiary/aromatic N) is 2. The van der Waals surface area contributed by atoms with Crippen molar-refractivity contribution in [1.29, 1.82) is 0 Å². The van der Waals surface area contributed by atoms with Gasteiger partial charge >= 0.3 is 0 Å². The van der Waals surface area contributed by atoms with Crippen molar-refractivity contribution < 1.29 is 23.9 Å². The van der Waals surface area contributed by atoms with Crippen LogP contribution in [-0.4, -0.2) is 71.1 Å². The quantitative estimate of drug-likeness (QED) is 0.541. The third-order valence-corrected chi connectivity index (χ3v) is 8.62. The zero-order chi connectivity index (χ0) is 29.6. The molecule has 1 N–H and O–H groups in total. The highest BCUT2D eigenvalue weighted by atomic mass is 16.5.